The van der Waals surface area contributed by atoms with Crippen LogP contribution in [0.1, 0.15) is 19.3 Å². The number of anilines is 1. The van der Waals surface area contributed by atoms with E-state index in [0.717, 1.165) is 24.8 Å². The monoisotopic (exact) mass is 257 g/mol. The standard InChI is InChI=1S/C13H15N5O/c14-12(19)8-2-1-3-9(8)17-11-5-4-10-13(18-11)16-7-6-15-10/h4-9H,1-3H2,(H2,14,19)(H,16,17,18)/t8-,9+/m0/s1. The van der Waals surface area contributed by atoms with E-state index in [1.54, 1.807) is 12.4 Å². The molecule has 2 aromatic heterocycles. The number of fused-ring (bicyclic) bond motifs is 1. The summed E-state index contributed by atoms with van der Waals surface area (Å²) in [5.74, 6) is 0.362. The first-order valence-electron chi connectivity index (χ1n) is 6.37. The largest absolute Gasteiger partial charge is 0.369 e. The van der Waals surface area contributed by atoms with Crippen molar-refractivity contribution in [2.24, 2.45) is 11.7 Å². The maximum Gasteiger partial charge on any atom is 0.222 e. The Balaban J connectivity index is 1.83. The Morgan fingerprint density at radius 3 is 2.95 bits per heavy atom. The summed E-state index contributed by atoms with van der Waals surface area (Å²) in [7, 11) is 0. The predicted molar refractivity (Wildman–Crippen MR) is 71.3 cm³/mol. The van der Waals surface area contributed by atoms with Crippen LogP contribution < -0.4 is 11.1 Å². The Labute approximate surface area is 110 Å². The van der Waals surface area contributed by atoms with Crippen molar-refractivity contribution in [3.05, 3.63) is 24.5 Å². The van der Waals surface area contributed by atoms with Gasteiger partial charge in [0.25, 0.3) is 0 Å². The first-order valence-corrected chi connectivity index (χ1v) is 6.37. The molecular formula is C13H15N5O. The van der Waals surface area contributed by atoms with Gasteiger partial charge in [-0.05, 0) is 25.0 Å². The van der Waals surface area contributed by atoms with Gasteiger partial charge in [-0.15, -0.1) is 0 Å². The van der Waals surface area contributed by atoms with E-state index in [9.17, 15) is 4.79 Å². The van der Waals surface area contributed by atoms with Crippen LogP contribution in [0, 0.1) is 5.92 Å². The molecule has 0 aromatic carbocycles. The molecule has 1 amide bonds. The lowest BCUT2D eigenvalue weighted by atomic mass is 10.0. The van der Waals surface area contributed by atoms with Gasteiger partial charge in [0, 0.05) is 18.4 Å². The molecule has 1 aliphatic carbocycles. The molecule has 0 saturated heterocycles. The minimum absolute atomic E-state index is 0.0686. The van der Waals surface area contributed by atoms with Gasteiger partial charge in [0.05, 0.1) is 5.92 Å². The Bertz CT molecular complexity index is 615. The number of rotatable bonds is 3. The fourth-order valence-corrected chi connectivity index (χ4v) is 2.60. The third-order valence-electron chi connectivity index (χ3n) is 3.55. The summed E-state index contributed by atoms with van der Waals surface area (Å²) in [6.07, 6.45) is 6.05. The van der Waals surface area contributed by atoms with Crippen molar-refractivity contribution >= 4 is 22.9 Å². The van der Waals surface area contributed by atoms with E-state index in [1.807, 2.05) is 12.1 Å². The van der Waals surface area contributed by atoms with E-state index >= 15 is 0 Å². The highest BCUT2D eigenvalue weighted by atomic mass is 16.1. The summed E-state index contributed by atoms with van der Waals surface area (Å²) < 4.78 is 0. The summed E-state index contributed by atoms with van der Waals surface area (Å²) in [4.78, 5) is 24.1. The number of hydrogen-bond acceptors (Lipinski definition) is 5. The summed E-state index contributed by atoms with van der Waals surface area (Å²) in [5.41, 5.74) is 6.76. The second-order valence-corrected chi connectivity index (χ2v) is 4.79. The number of primary amides is 1. The SMILES string of the molecule is NC(=O)[C@H]1CCC[C@H]1Nc1ccc2nccnc2n1. The maximum absolute atomic E-state index is 11.4. The summed E-state index contributed by atoms with van der Waals surface area (Å²) in [6, 6.07) is 3.79. The van der Waals surface area contributed by atoms with E-state index in [0.29, 0.717) is 11.5 Å². The Morgan fingerprint density at radius 2 is 2.11 bits per heavy atom. The van der Waals surface area contributed by atoms with Crippen LogP contribution in [-0.4, -0.2) is 26.9 Å². The minimum atomic E-state index is -0.240. The molecule has 19 heavy (non-hydrogen) atoms. The Morgan fingerprint density at radius 1 is 1.26 bits per heavy atom. The fourth-order valence-electron chi connectivity index (χ4n) is 2.60. The molecule has 0 spiro atoms. The lowest BCUT2D eigenvalue weighted by Crippen LogP contribution is -2.34. The molecule has 98 valence electrons. The highest BCUT2D eigenvalue weighted by Gasteiger charge is 2.31. The number of aromatic nitrogens is 3. The smallest absolute Gasteiger partial charge is 0.222 e. The zero-order chi connectivity index (χ0) is 13.2. The van der Waals surface area contributed by atoms with Crippen molar-refractivity contribution in [3.63, 3.8) is 0 Å². The average molecular weight is 257 g/mol. The summed E-state index contributed by atoms with van der Waals surface area (Å²) in [5, 5.41) is 3.28. The number of carbonyl (C=O) groups is 1. The van der Waals surface area contributed by atoms with Gasteiger partial charge in [0.2, 0.25) is 5.91 Å². The van der Waals surface area contributed by atoms with Crippen LogP contribution in [0.15, 0.2) is 24.5 Å². The van der Waals surface area contributed by atoms with Crippen molar-refractivity contribution in [2.45, 2.75) is 25.3 Å². The molecule has 2 atom stereocenters. The lowest BCUT2D eigenvalue weighted by molar-refractivity contribution is -0.121. The molecule has 1 aliphatic rings. The Kier molecular flexibility index (Phi) is 2.98. The van der Waals surface area contributed by atoms with Crippen molar-refractivity contribution in [2.75, 3.05) is 5.32 Å². The molecule has 0 unspecified atom stereocenters. The topological polar surface area (TPSA) is 93.8 Å². The second-order valence-electron chi connectivity index (χ2n) is 4.79. The molecule has 1 saturated carbocycles. The number of carbonyl (C=O) groups excluding carboxylic acids is 1. The van der Waals surface area contributed by atoms with Gasteiger partial charge in [0.1, 0.15) is 11.3 Å². The van der Waals surface area contributed by atoms with Gasteiger partial charge in [-0.25, -0.2) is 9.97 Å². The molecule has 6 nitrogen and oxygen atoms in total. The van der Waals surface area contributed by atoms with E-state index < -0.39 is 0 Å². The maximum atomic E-state index is 11.4. The van der Waals surface area contributed by atoms with Crippen molar-refractivity contribution in [1.82, 2.24) is 15.0 Å². The molecule has 0 aliphatic heterocycles. The average Bonchev–Trinajstić information content (AvgIpc) is 2.87. The molecule has 6 heteroatoms. The molecule has 0 bridgehead atoms. The summed E-state index contributed by atoms with van der Waals surface area (Å²) >= 11 is 0. The molecular weight excluding hydrogens is 242 g/mol. The quantitative estimate of drug-likeness (QED) is 0.858. The molecule has 0 radical (unpaired) electrons. The van der Waals surface area contributed by atoms with Crippen LogP contribution in [0.25, 0.3) is 11.2 Å². The third kappa shape index (κ3) is 2.33. The molecule has 3 N–H and O–H groups in total. The van der Waals surface area contributed by atoms with Gasteiger partial charge < -0.3 is 11.1 Å². The third-order valence-corrected chi connectivity index (χ3v) is 3.55. The highest BCUT2D eigenvalue weighted by Crippen LogP contribution is 2.28. The van der Waals surface area contributed by atoms with E-state index in [-0.39, 0.29) is 17.9 Å². The highest BCUT2D eigenvalue weighted by molar-refractivity contribution is 5.78. The lowest BCUT2D eigenvalue weighted by Gasteiger charge is -2.18. The van der Waals surface area contributed by atoms with Crippen molar-refractivity contribution < 1.29 is 4.79 Å². The minimum Gasteiger partial charge on any atom is -0.369 e. The van der Waals surface area contributed by atoms with Gasteiger partial charge >= 0.3 is 0 Å². The first-order chi connectivity index (χ1) is 9.24. The Hall–Kier alpha value is -2.24. The van der Waals surface area contributed by atoms with E-state index in [2.05, 4.69) is 20.3 Å². The second kappa shape index (κ2) is 4.79. The van der Waals surface area contributed by atoms with Gasteiger partial charge in [-0.3, -0.25) is 9.78 Å². The summed E-state index contributed by atoms with van der Waals surface area (Å²) in [6.45, 7) is 0. The predicted octanol–water partition coefficient (Wildman–Crippen LogP) is 1.09. The van der Waals surface area contributed by atoms with Gasteiger partial charge in [0.15, 0.2) is 5.65 Å². The van der Waals surface area contributed by atoms with Crippen molar-refractivity contribution in [3.8, 4) is 0 Å². The molecule has 2 aromatic rings. The van der Waals surface area contributed by atoms with Crippen LogP contribution in [-0.2, 0) is 4.79 Å². The first kappa shape index (κ1) is 11.8. The fraction of sp³-hybridized carbons (Fsp3) is 0.385. The molecule has 3 rings (SSSR count). The van der Waals surface area contributed by atoms with Crippen molar-refractivity contribution in [1.29, 1.82) is 0 Å². The molecule has 2 heterocycles. The number of nitrogens with one attached hydrogen (secondary N) is 1. The number of pyridine rings is 1. The molecule has 1 fully saturated rings. The van der Waals surface area contributed by atoms with Gasteiger partial charge in [-0.1, -0.05) is 6.42 Å². The van der Waals surface area contributed by atoms with Crippen LogP contribution in [0.3, 0.4) is 0 Å². The number of nitrogens with zero attached hydrogens (tertiary/aromatic N) is 3. The van der Waals surface area contributed by atoms with E-state index in [4.69, 9.17) is 5.73 Å². The number of hydrogen-bond donors (Lipinski definition) is 2. The number of nitrogens with two attached hydrogens (primary N) is 1. The van der Waals surface area contributed by atoms with Gasteiger partial charge in [-0.2, -0.15) is 0 Å². The zero-order valence-corrected chi connectivity index (χ0v) is 10.4. The van der Waals surface area contributed by atoms with Crippen LogP contribution in [0.4, 0.5) is 5.82 Å². The van der Waals surface area contributed by atoms with Crippen LogP contribution >= 0.6 is 0 Å². The zero-order valence-electron chi connectivity index (χ0n) is 10.4. The normalized spacial score (nSPS) is 22.5. The number of amides is 1. The van der Waals surface area contributed by atoms with E-state index in [1.165, 1.54) is 0 Å². The van der Waals surface area contributed by atoms with Crippen LogP contribution in [0.2, 0.25) is 0 Å². The van der Waals surface area contributed by atoms with Crippen LogP contribution in [0.5, 0.6) is 0 Å².